The fourth-order valence-corrected chi connectivity index (χ4v) is 0.990. The third-order valence-corrected chi connectivity index (χ3v) is 1.82. The molecule has 0 aliphatic rings. The van der Waals surface area contributed by atoms with Crippen molar-refractivity contribution in [1.29, 1.82) is 0 Å². The van der Waals surface area contributed by atoms with E-state index in [9.17, 15) is 4.79 Å². The van der Waals surface area contributed by atoms with Crippen LogP contribution in [0, 0.1) is 0 Å². The number of hydrogen-bond acceptors (Lipinski definition) is 4. The largest absolute Gasteiger partial charge is 0.379 e. The Balaban J connectivity index is 3.12. The number of nitrogens with one attached hydrogen (secondary N) is 1. The predicted octanol–water partition coefficient (Wildman–Crippen LogP) is 1.25. The molecule has 0 bridgehead atoms. The summed E-state index contributed by atoms with van der Waals surface area (Å²) in [6, 6.07) is 0. The lowest BCUT2D eigenvalue weighted by Gasteiger charge is -2.05. The molecular formula is C10H20N4O3. The molecule has 98 valence electrons. The van der Waals surface area contributed by atoms with Gasteiger partial charge in [0, 0.05) is 24.4 Å². The highest BCUT2D eigenvalue weighted by Gasteiger charge is 1.99. The van der Waals surface area contributed by atoms with E-state index < -0.39 is 0 Å². The van der Waals surface area contributed by atoms with Crippen LogP contribution in [0.15, 0.2) is 5.11 Å². The first-order chi connectivity index (χ1) is 8.31. The van der Waals surface area contributed by atoms with E-state index in [4.69, 9.17) is 15.0 Å². The quantitative estimate of drug-likeness (QED) is 0.256. The minimum absolute atomic E-state index is 0.0103. The summed E-state index contributed by atoms with van der Waals surface area (Å²) >= 11 is 0. The average molecular weight is 244 g/mol. The van der Waals surface area contributed by atoms with Crippen molar-refractivity contribution in [3.05, 3.63) is 10.4 Å². The maximum atomic E-state index is 11.1. The zero-order valence-electron chi connectivity index (χ0n) is 10.2. The summed E-state index contributed by atoms with van der Waals surface area (Å²) in [6.45, 7) is 4.72. The van der Waals surface area contributed by atoms with Crippen molar-refractivity contribution < 1.29 is 14.3 Å². The Morgan fingerprint density at radius 2 is 2.00 bits per heavy atom. The van der Waals surface area contributed by atoms with Crippen LogP contribution in [0.1, 0.15) is 19.8 Å². The number of hydrogen-bond donors (Lipinski definition) is 1. The molecule has 0 radical (unpaired) electrons. The van der Waals surface area contributed by atoms with Gasteiger partial charge in [0.05, 0.1) is 26.4 Å². The molecule has 0 heterocycles. The number of carbonyl (C=O) groups excluding carboxylic acids is 1. The van der Waals surface area contributed by atoms with Crippen LogP contribution in [-0.4, -0.2) is 45.4 Å². The number of azide groups is 1. The Kier molecular flexibility index (Phi) is 11.8. The highest BCUT2D eigenvalue weighted by molar-refractivity contribution is 5.75. The number of nitrogens with zero attached hydrogens (tertiary/aromatic N) is 3. The number of rotatable bonds is 11. The summed E-state index contributed by atoms with van der Waals surface area (Å²) in [7, 11) is 0. The molecule has 0 saturated heterocycles. The normalized spacial score (nSPS) is 9.71. The Morgan fingerprint density at radius 3 is 2.65 bits per heavy atom. The fourth-order valence-electron chi connectivity index (χ4n) is 0.990. The third-order valence-electron chi connectivity index (χ3n) is 1.82. The van der Waals surface area contributed by atoms with Crippen molar-refractivity contribution in [2.24, 2.45) is 5.11 Å². The molecule has 7 heteroatoms. The van der Waals surface area contributed by atoms with E-state index in [1.807, 2.05) is 6.92 Å². The van der Waals surface area contributed by atoms with E-state index in [0.717, 1.165) is 6.42 Å². The Morgan fingerprint density at radius 1 is 1.29 bits per heavy atom. The zero-order chi connectivity index (χ0) is 12.8. The van der Waals surface area contributed by atoms with Gasteiger partial charge >= 0.3 is 0 Å². The molecule has 0 rings (SSSR count). The van der Waals surface area contributed by atoms with Crippen LogP contribution in [0.2, 0.25) is 0 Å². The number of amides is 1. The second-order valence-corrected chi connectivity index (χ2v) is 3.28. The minimum Gasteiger partial charge on any atom is -0.379 e. The SMILES string of the molecule is CCCNC(=O)CCOCCOCCN=[N+]=[N-]. The van der Waals surface area contributed by atoms with Crippen molar-refractivity contribution in [2.45, 2.75) is 19.8 Å². The van der Waals surface area contributed by atoms with Crippen molar-refractivity contribution in [2.75, 3.05) is 39.5 Å². The first-order valence-corrected chi connectivity index (χ1v) is 5.74. The van der Waals surface area contributed by atoms with E-state index >= 15 is 0 Å². The lowest BCUT2D eigenvalue weighted by atomic mass is 10.4. The number of ether oxygens (including phenoxy) is 2. The van der Waals surface area contributed by atoms with E-state index in [2.05, 4.69) is 15.3 Å². The molecule has 0 spiro atoms. The predicted molar refractivity (Wildman–Crippen MR) is 63.6 cm³/mol. The zero-order valence-corrected chi connectivity index (χ0v) is 10.2. The van der Waals surface area contributed by atoms with Crippen molar-refractivity contribution >= 4 is 5.91 Å². The second kappa shape index (κ2) is 12.8. The van der Waals surface area contributed by atoms with Crippen LogP contribution in [0.5, 0.6) is 0 Å². The summed E-state index contributed by atoms with van der Waals surface area (Å²) in [5.74, 6) is 0.0103. The smallest absolute Gasteiger partial charge is 0.222 e. The van der Waals surface area contributed by atoms with Gasteiger partial charge in [-0.05, 0) is 12.0 Å². The van der Waals surface area contributed by atoms with Gasteiger partial charge in [-0.3, -0.25) is 4.79 Å². The summed E-state index contributed by atoms with van der Waals surface area (Å²) in [4.78, 5) is 13.7. The van der Waals surface area contributed by atoms with Crippen LogP contribution in [0.25, 0.3) is 10.4 Å². The van der Waals surface area contributed by atoms with Crippen LogP contribution >= 0.6 is 0 Å². The maximum Gasteiger partial charge on any atom is 0.222 e. The maximum absolute atomic E-state index is 11.1. The Hall–Kier alpha value is -1.30. The summed E-state index contributed by atoms with van der Waals surface area (Å²) < 4.78 is 10.3. The van der Waals surface area contributed by atoms with Crippen molar-refractivity contribution in [3.63, 3.8) is 0 Å². The highest BCUT2D eigenvalue weighted by atomic mass is 16.5. The standard InChI is InChI=1S/C10H20N4O3/c1-2-4-12-10(15)3-6-16-8-9-17-7-5-13-14-11/h2-9H2,1H3,(H,12,15). The molecule has 0 aromatic heterocycles. The van der Waals surface area contributed by atoms with Crippen LogP contribution in [0.4, 0.5) is 0 Å². The van der Waals surface area contributed by atoms with Gasteiger partial charge in [0.1, 0.15) is 0 Å². The third kappa shape index (κ3) is 12.6. The fraction of sp³-hybridized carbons (Fsp3) is 0.900. The second-order valence-electron chi connectivity index (χ2n) is 3.28. The first kappa shape index (κ1) is 15.7. The van der Waals surface area contributed by atoms with E-state index in [-0.39, 0.29) is 5.91 Å². The van der Waals surface area contributed by atoms with Gasteiger partial charge in [-0.15, -0.1) is 0 Å². The first-order valence-electron chi connectivity index (χ1n) is 5.74. The van der Waals surface area contributed by atoms with Gasteiger partial charge in [-0.1, -0.05) is 12.0 Å². The molecule has 0 atom stereocenters. The molecule has 0 fully saturated rings. The van der Waals surface area contributed by atoms with Crippen LogP contribution < -0.4 is 5.32 Å². The van der Waals surface area contributed by atoms with Crippen LogP contribution in [-0.2, 0) is 14.3 Å². The molecule has 0 saturated carbocycles. The molecular weight excluding hydrogens is 224 g/mol. The van der Waals surface area contributed by atoms with E-state index in [1.54, 1.807) is 0 Å². The summed E-state index contributed by atoms with van der Waals surface area (Å²) in [5.41, 5.74) is 7.99. The van der Waals surface area contributed by atoms with Crippen LogP contribution in [0.3, 0.4) is 0 Å². The minimum atomic E-state index is 0.0103. The molecule has 0 aliphatic heterocycles. The van der Waals surface area contributed by atoms with Gasteiger partial charge < -0.3 is 14.8 Å². The molecule has 0 aromatic rings. The Bertz CT molecular complexity index is 242. The van der Waals surface area contributed by atoms with E-state index in [1.165, 1.54) is 0 Å². The summed E-state index contributed by atoms with van der Waals surface area (Å²) in [5, 5.41) is 6.08. The highest BCUT2D eigenvalue weighted by Crippen LogP contribution is 1.85. The lowest BCUT2D eigenvalue weighted by Crippen LogP contribution is -2.25. The van der Waals surface area contributed by atoms with Gasteiger partial charge in [0.25, 0.3) is 0 Å². The molecule has 0 aromatic carbocycles. The molecule has 17 heavy (non-hydrogen) atoms. The molecule has 1 amide bonds. The monoisotopic (exact) mass is 244 g/mol. The van der Waals surface area contributed by atoms with E-state index in [0.29, 0.717) is 45.9 Å². The average Bonchev–Trinajstić information content (AvgIpc) is 2.34. The topological polar surface area (TPSA) is 96.3 Å². The molecule has 7 nitrogen and oxygen atoms in total. The molecule has 0 unspecified atom stereocenters. The van der Waals surface area contributed by atoms with Crippen molar-refractivity contribution in [3.8, 4) is 0 Å². The van der Waals surface area contributed by atoms with Gasteiger partial charge in [0.2, 0.25) is 5.91 Å². The Labute approximate surface area is 101 Å². The number of carbonyl (C=O) groups is 1. The van der Waals surface area contributed by atoms with Gasteiger partial charge in [-0.25, -0.2) is 0 Å². The lowest BCUT2D eigenvalue weighted by molar-refractivity contribution is -0.122. The summed E-state index contributed by atoms with van der Waals surface area (Å²) in [6.07, 6.45) is 1.31. The van der Waals surface area contributed by atoms with Crippen molar-refractivity contribution in [1.82, 2.24) is 5.32 Å². The van der Waals surface area contributed by atoms with Gasteiger partial charge in [0.15, 0.2) is 0 Å². The molecule has 1 N–H and O–H groups in total. The van der Waals surface area contributed by atoms with Gasteiger partial charge in [-0.2, -0.15) is 0 Å². The molecule has 0 aliphatic carbocycles.